The summed E-state index contributed by atoms with van der Waals surface area (Å²) in [6.07, 6.45) is 82.5. The Balaban J connectivity index is 4.41. The number of allylic oxidation sites excluding steroid dienone is 18. The van der Waals surface area contributed by atoms with Gasteiger partial charge in [0, 0.05) is 19.4 Å². The maximum atomic E-state index is 12.9. The van der Waals surface area contributed by atoms with Gasteiger partial charge in [0.25, 0.3) is 0 Å². The minimum absolute atomic E-state index is 0.0514. The first-order valence-corrected chi connectivity index (χ1v) is 29.4. The van der Waals surface area contributed by atoms with Crippen LogP contribution < -0.4 is 0 Å². The van der Waals surface area contributed by atoms with E-state index in [2.05, 4.69) is 130 Å². The van der Waals surface area contributed by atoms with E-state index in [1.807, 2.05) is 0 Å². The number of unbranched alkanes of at least 4 members (excludes halogenated alkanes) is 24. The molecule has 0 radical (unpaired) electrons. The van der Waals surface area contributed by atoms with Crippen LogP contribution in [0.15, 0.2) is 109 Å². The maximum Gasteiger partial charge on any atom is 0.306 e. The van der Waals surface area contributed by atoms with Gasteiger partial charge in [-0.25, -0.2) is 0 Å². The average Bonchev–Trinajstić information content (AvgIpc) is 3.36. The van der Waals surface area contributed by atoms with Gasteiger partial charge in [-0.05, 0) is 109 Å². The molecular weight excluding hydrogens is 861 g/mol. The van der Waals surface area contributed by atoms with Crippen molar-refractivity contribution in [1.82, 2.24) is 0 Å². The van der Waals surface area contributed by atoms with Crippen molar-refractivity contribution < 1.29 is 23.8 Å². The molecule has 0 N–H and O–H groups in total. The molecule has 0 saturated heterocycles. The molecule has 0 aliphatic carbocycles. The van der Waals surface area contributed by atoms with E-state index in [1.165, 1.54) is 116 Å². The summed E-state index contributed by atoms with van der Waals surface area (Å²) in [5.74, 6) is -0.467. The summed E-state index contributed by atoms with van der Waals surface area (Å²) in [4.78, 5) is 25.5. The minimum Gasteiger partial charge on any atom is -0.462 e. The number of hydrogen-bond donors (Lipinski definition) is 0. The van der Waals surface area contributed by atoms with Crippen LogP contribution in [-0.4, -0.2) is 37.9 Å². The molecule has 0 aliphatic heterocycles. The molecule has 0 spiro atoms. The molecule has 0 aromatic carbocycles. The Morgan fingerprint density at radius 2 is 0.643 bits per heavy atom. The molecule has 0 bridgehead atoms. The van der Waals surface area contributed by atoms with Crippen molar-refractivity contribution in [2.75, 3.05) is 19.8 Å². The van der Waals surface area contributed by atoms with Gasteiger partial charge in [0.05, 0.1) is 6.61 Å². The Morgan fingerprint density at radius 1 is 0.329 bits per heavy atom. The Labute approximate surface area is 434 Å². The van der Waals surface area contributed by atoms with E-state index in [9.17, 15) is 9.59 Å². The van der Waals surface area contributed by atoms with Crippen LogP contribution >= 0.6 is 0 Å². The molecule has 1 atom stereocenters. The third kappa shape index (κ3) is 57.1. The standard InChI is InChI=1S/C65H110O5/c1-4-7-10-13-16-19-22-25-28-31-33-35-37-40-43-46-49-52-55-58-64(66)69-62-63(61-68-60-57-54-51-48-45-42-39-30-27-24-21-18-15-12-9-6-3)70-65(67)59-56-53-50-47-44-41-38-36-34-32-29-26-23-20-17-14-11-8-5-2/h8,11,16-17,19-20,25-26,28-29,33-36,40-41,43-44,63H,4-7,9-10,12-15,18,21-24,27,30-32,37-39,42,45-62H2,1-3H3/b11-8-,19-16-,20-17-,28-25-,29-26-,35-33-,36-34-,43-40-,44-41-/t63-/m1/s1. The van der Waals surface area contributed by atoms with E-state index in [0.717, 1.165) is 116 Å². The predicted molar refractivity (Wildman–Crippen MR) is 306 cm³/mol. The molecule has 70 heavy (non-hydrogen) atoms. The Morgan fingerprint density at radius 3 is 1.04 bits per heavy atom. The molecule has 400 valence electrons. The zero-order valence-electron chi connectivity index (χ0n) is 46.0. The van der Waals surface area contributed by atoms with Gasteiger partial charge in [-0.15, -0.1) is 0 Å². The maximum absolute atomic E-state index is 12.9. The fraction of sp³-hybridized carbons (Fsp3) is 0.692. The highest BCUT2D eigenvalue weighted by molar-refractivity contribution is 5.70. The number of ether oxygens (including phenoxy) is 3. The first-order chi connectivity index (χ1) is 34.6. The topological polar surface area (TPSA) is 61.8 Å². The second kappa shape index (κ2) is 59.9. The summed E-state index contributed by atoms with van der Waals surface area (Å²) in [7, 11) is 0. The van der Waals surface area contributed by atoms with Gasteiger partial charge in [0.2, 0.25) is 0 Å². The lowest BCUT2D eigenvalue weighted by atomic mass is 10.0. The molecule has 0 fully saturated rings. The summed E-state index contributed by atoms with van der Waals surface area (Å²) in [5, 5.41) is 0. The van der Waals surface area contributed by atoms with Crippen LogP contribution in [0.25, 0.3) is 0 Å². The van der Waals surface area contributed by atoms with Crippen molar-refractivity contribution >= 4 is 11.9 Å². The zero-order chi connectivity index (χ0) is 50.6. The third-order valence-corrected chi connectivity index (χ3v) is 12.3. The van der Waals surface area contributed by atoms with Crippen molar-refractivity contribution in [2.45, 2.75) is 271 Å². The van der Waals surface area contributed by atoms with E-state index in [0.29, 0.717) is 19.4 Å². The van der Waals surface area contributed by atoms with Crippen LogP contribution in [0.1, 0.15) is 265 Å². The lowest BCUT2D eigenvalue weighted by Gasteiger charge is -2.18. The van der Waals surface area contributed by atoms with Gasteiger partial charge in [0.15, 0.2) is 6.10 Å². The molecule has 0 aliphatic rings. The van der Waals surface area contributed by atoms with Gasteiger partial charge >= 0.3 is 11.9 Å². The molecule has 5 nitrogen and oxygen atoms in total. The van der Waals surface area contributed by atoms with E-state index in [-0.39, 0.29) is 25.2 Å². The Kier molecular flexibility index (Phi) is 56.9. The lowest BCUT2D eigenvalue weighted by molar-refractivity contribution is -0.163. The molecule has 0 aromatic heterocycles. The van der Waals surface area contributed by atoms with E-state index >= 15 is 0 Å². The molecule has 0 heterocycles. The van der Waals surface area contributed by atoms with Crippen LogP contribution in [0.3, 0.4) is 0 Å². The monoisotopic (exact) mass is 971 g/mol. The van der Waals surface area contributed by atoms with Crippen molar-refractivity contribution in [1.29, 1.82) is 0 Å². The highest BCUT2D eigenvalue weighted by Crippen LogP contribution is 2.15. The fourth-order valence-corrected chi connectivity index (χ4v) is 7.93. The average molecular weight is 972 g/mol. The number of carbonyl (C=O) groups excluding carboxylic acids is 2. The predicted octanol–water partition coefficient (Wildman–Crippen LogP) is 20.3. The Hall–Kier alpha value is -3.44. The van der Waals surface area contributed by atoms with Gasteiger partial charge in [0.1, 0.15) is 6.61 Å². The molecule has 0 saturated carbocycles. The van der Waals surface area contributed by atoms with E-state index in [4.69, 9.17) is 14.2 Å². The number of carbonyl (C=O) groups is 2. The van der Waals surface area contributed by atoms with Crippen LogP contribution in [0.2, 0.25) is 0 Å². The molecule has 0 rings (SSSR count). The molecule has 0 amide bonds. The third-order valence-electron chi connectivity index (χ3n) is 12.3. The largest absolute Gasteiger partial charge is 0.462 e. The normalized spacial score (nSPS) is 13.0. The lowest BCUT2D eigenvalue weighted by Crippen LogP contribution is -2.30. The van der Waals surface area contributed by atoms with Gasteiger partial charge in [-0.2, -0.15) is 0 Å². The first kappa shape index (κ1) is 66.6. The zero-order valence-corrected chi connectivity index (χ0v) is 46.0. The second-order valence-corrected chi connectivity index (χ2v) is 19.2. The molecule has 0 unspecified atom stereocenters. The molecular formula is C65H110O5. The van der Waals surface area contributed by atoms with Gasteiger partial charge in [-0.3, -0.25) is 9.59 Å². The van der Waals surface area contributed by atoms with Crippen LogP contribution in [0.4, 0.5) is 0 Å². The van der Waals surface area contributed by atoms with Crippen LogP contribution in [0, 0.1) is 0 Å². The van der Waals surface area contributed by atoms with Crippen LogP contribution in [-0.2, 0) is 23.8 Å². The summed E-state index contributed by atoms with van der Waals surface area (Å²) in [6, 6.07) is 0. The SMILES string of the molecule is CC/C=C\C/C=C\C/C=C\C/C=C\C/C=C\CCCCCC(=O)O[C@H](COCCCCCCCCCCCCCCCCCC)COC(=O)CCCCC/C=C\C/C=C\C/C=C\C/C=C\CCCCC. The summed E-state index contributed by atoms with van der Waals surface area (Å²) in [6.45, 7) is 7.64. The second-order valence-electron chi connectivity index (χ2n) is 19.2. The first-order valence-electron chi connectivity index (χ1n) is 29.4. The van der Waals surface area contributed by atoms with Gasteiger partial charge < -0.3 is 14.2 Å². The van der Waals surface area contributed by atoms with E-state index in [1.54, 1.807) is 0 Å². The minimum atomic E-state index is -0.573. The van der Waals surface area contributed by atoms with Crippen molar-refractivity contribution in [3.05, 3.63) is 109 Å². The summed E-state index contributed by atoms with van der Waals surface area (Å²) in [5.41, 5.74) is 0. The number of hydrogen-bond acceptors (Lipinski definition) is 5. The van der Waals surface area contributed by atoms with Crippen molar-refractivity contribution in [3.63, 3.8) is 0 Å². The van der Waals surface area contributed by atoms with Crippen molar-refractivity contribution in [3.8, 4) is 0 Å². The molecule has 5 heteroatoms. The number of rotatable bonds is 53. The summed E-state index contributed by atoms with van der Waals surface area (Å²) >= 11 is 0. The smallest absolute Gasteiger partial charge is 0.306 e. The quantitative estimate of drug-likeness (QED) is 0.0345. The highest BCUT2D eigenvalue weighted by atomic mass is 16.6. The van der Waals surface area contributed by atoms with Crippen molar-refractivity contribution in [2.24, 2.45) is 0 Å². The van der Waals surface area contributed by atoms with Crippen LogP contribution in [0.5, 0.6) is 0 Å². The Bertz CT molecular complexity index is 1380. The highest BCUT2D eigenvalue weighted by Gasteiger charge is 2.17. The van der Waals surface area contributed by atoms with Gasteiger partial charge in [-0.1, -0.05) is 252 Å². The number of esters is 2. The summed E-state index contributed by atoms with van der Waals surface area (Å²) < 4.78 is 17.4. The molecule has 0 aromatic rings. The fourth-order valence-electron chi connectivity index (χ4n) is 7.93. The van der Waals surface area contributed by atoms with E-state index < -0.39 is 6.10 Å².